The summed E-state index contributed by atoms with van der Waals surface area (Å²) in [5.74, 6) is 0. The molecule has 2 atom stereocenters. The Bertz CT molecular complexity index is 917. The van der Waals surface area contributed by atoms with E-state index in [1.165, 1.54) is 33.4 Å². The third kappa shape index (κ3) is 3.20. The number of likely N-dealkylation sites (N-methyl/N-ethyl adjacent to an activating group) is 1. The van der Waals surface area contributed by atoms with Crippen molar-refractivity contribution in [2.45, 2.75) is 31.4 Å². The molecule has 2 nitrogen and oxygen atoms in total. The fourth-order valence-electron chi connectivity index (χ4n) is 4.39. The molecular formula is C25H27NO. The maximum Gasteiger partial charge on any atom is 0.105 e. The topological polar surface area (TPSA) is 21.3 Å². The Morgan fingerprint density at radius 3 is 2.07 bits per heavy atom. The van der Waals surface area contributed by atoms with Crippen LogP contribution < -0.4 is 5.32 Å². The highest BCUT2D eigenvalue weighted by Gasteiger charge is 2.39. The summed E-state index contributed by atoms with van der Waals surface area (Å²) in [5.41, 5.74) is 7.46. The van der Waals surface area contributed by atoms with E-state index in [9.17, 15) is 0 Å². The van der Waals surface area contributed by atoms with Crippen LogP contribution in [-0.2, 0) is 16.8 Å². The minimum atomic E-state index is -0.280. The van der Waals surface area contributed by atoms with Gasteiger partial charge >= 0.3 is 0 Å². The Morgan fingerprint density at radius 1 is 0.852 bits per heavy atom. The van der Waals surface area contributed by atoms with Crippen LogP contribution in [0.25, 0.3) is 22.3 Å². The fraction of sp³-hybridized carbons (Fsp3) is 0.280. The van der Waals surface area contributed by atoms with Crippen LogP contribution in [0.1, 0.15) is 24.5 Å². The maximum atomic E-state index is 5.96. The van der Waals surface area contributed by atoms with Crippen molar-refractivity contribution in [1.82, 2.24) is 5.32 Å². The van der Waals surface area contributed by atoms with Crippen LogP contribution in [-0.4, -0.2) is 20.2 Å². The second-order valence-corrected chi connectivity index (χ2v) is 7.51. The molecular weight excluding hydrogens is 330 g/mol. The largest absolute Gasteiger partial charge is 0.372 e. The molecule has 138 valence electrons. The lowest BCUT2D eigenvalue weighted by atomic mass is 9.75. The number of aryl methyl sites for hydroxylation is 1. The third-order valence-electron chi connectivity index (χ3n) is 6.11. The molecule has 0 aromatic heterocycles. The van der Waals surface area contributed by atoms with Gasteiger partial charge in [-0.15, -0.1) is 0 Å². The molecule has 1 N–H and O–H groups in total. The van der Waals surface area contributed by atoms with Crippen LogP contribution in [0.2, 0.25) is 0 Å². The number of rotatable bonds is 4. The van der Waals surface area contributed by atoms with Crippen molar-refractivity contribution >= 4 is 0 Å². The Balaban J connectivity index is 1.67. The minimum absolute atomic E-state index is 0.280. The molecule has 27 heavy (non-hydrogen) atoms. The van der Waals surface area contributed by atoms with Gasteiger partial charge < -0.3 is 10.1 Å². The average Bonchev–Trinajstić information content (AvgIpc) is 2.74. The highest BCUT2D eigenvalue weighted by Crippen LogP contribution is 2.39. The zero-order valence-corrected chi connectivity index (χ0v) is 16.3. The lowest BCUT2D eigenvalue weighted by Gasteiger charge is -2.42. The van der Waals surface area contributed by atoms with Gasteiger partial charge in [-0.25, -0.2) is 0 Å². The molecule has 0 spiro atoms. The van der Waals surface area contributed by atoms with Crippen molar-refractivity contribution in [3.63, 3.8) is 0 Å². The normalized spacial score (nSPS) is 21.7. The number of methoxy groups -OCH3 is 1. The molecule has 0 fully saturated rings. The van der Waals surface area contributed by atoms with E-state index in [2.05, 4.69) is 85.0 Å². The standard InChI is InChI=1S/C25H27NO/c1-25(27-3)23-15-13-21(17-22(23)14-16-24(25)26-2)20-11-9-19(10-12-20)18-7-5-4-6-8-18/h4-13,15,17,24,26H,14,16H2,1-3H3. The first-order chi connectivity index (χ1) is 13.2. The van der Waals surface area contributed by atoms with E-state index >= 15 is 0 Å². The van der Waals surface area contributed by atoms with Crippen molar-refractivity contribution < 1.29 is 4.74 Å². The molecule has 3 aromatic carbocycles. The summed E-state index contributed by atoms with van der Waals surface area (Å²) in [4.78, 5) is 0. The molecule has 0 bridgehead atoms. The summed E-state index contributed by atoms with van der Waals surface area (Å²) in [5, 5.41) is 3.43. The Labute approximate surface area is 162 Å². The average molecular weight is 357 g/mol. The fourth-order valence-corrected chi connectivity index (χ4v) is 4.39. The highest BCUT2D eigenvalue weighted by atomic mass is 16.5. The second kappa shape index (κ2) is 7.30. The maximum absolute atomic E-state index is 5.96. The Morgan fingerprint density at radius 2 is 1.44 bits per heavy atom. The van der Waals surface area contributed by atoms with Gasteiger partial charge in [0.1, 0.15) is 5.60 Å². The molecule has 0 aliphatic heterocycles. The van der Waals surface area contributed by atoms with E-state index in [1.807, 2.05) is 14.2 Å². The number of hydrogen-bond acceptors (Lipinski definition) is 2. The van der Waals surface area contributed by atoms with Crippen LogP contribution in [0.4, 0.5) is 0 Å². The molecule has 0 heterocycles. The van der Waals surface area contributed by atoms with Gasteiger partial charge in [0, 0.05) is 13.2 Å². The summed E-state index contributed by atoms with van der Waals surface area (Å²) < 4.78 is 5.96. The predicted octanol–water partition coefficient (Wildman–Crippen LogP) is 5.42. The summed E-state index contributed by atoms with van der Waals surface area (Å²) in [6.45, 7) is 2.19. The van der Waals surface area contributed by atoms with Gasteiger partial charge in [0.2, 0.25) is 0 Å². The predicted molar refractivity (Wildman–Crippen MR) is 113 cm³/mol. The van der Waals surface area contributed by atoms with Crippen molar-refractivity contribution in [3.8, 4) is 22.3 Å². The summed E-state index contributed by atoms with van der Waals surface area (Å²) in [6, 6.07) is 26.5. The molecule has 2 heteroatoms. The zero-order valence-electron chi connectivity index (χ0n) is 16.3. The van der Waals surface area contributed by atoms with Crippen molar-refractivity contribution in [2.24, 2.45) is 0 Å². The van der Waals surface area contributed by atoms with Gasteiger partial charge in [-0.05, 0) is 60.2 Å². The third-order valence-corrected chi connectivity index (χ3v) is 6.11. The van der Waals surface area contributed by atoms with E-state index in [4.69, 9.17) is 4.74 Å². The lowest BCUT2D eigenvalue weighted by Crippen LogP contribution is -2.49. The molecule has 1 aliphatic rings. The number of nitrogens with one attached hydrogen (secondary N) is 1. The Hall–Kier alpha value is -2.42. The molecule has 1 aliphatic carbocycles. The van der Waals surface area contributed by atoms with Crippen LogP contribution in [0.5, 0.6) is 0 Å². The molecule has 0 radical (unpaired) electrons. The van der Waals surface area contributed by atoms with Gasteiger partial charge in [0.15, 0.2) is 0 Å². The lowest BCUT2D eigenvalue weighted by molar-refractivity contribution is -0.0370. The smallest absolute Gasteiger partial charge is 0.105 e. The molecule has 2 unspecified atom stereocenters. The van der Waals surface area contributed by atoms with Crippen molar-refractivity contribution in [3.05, 3.63) is 83.9 Å². The van der Waals surface area contributed by atoms with Crippen LogP contribution in [0.3, 0.4) is 0 Å². The second-order valence-electron chi connectivity index (χ2n) is 7.51. The minimum Gasteiger partial charge on any atom is -0.372 e. The zero-order chi connectivity index (χ0) is 18.9. The van der Waals surface area contributed by atoms with Gasteiger partial charge in [-0.3, -0.25) is 0 Å². The monoisotopic (exact) mass is 357 g/mol. The summed E-state index contributed by atoms with van der Waals surface area (Å²) >= 11 is 0. The van der Waals surface area contributed by atoms with Crippen molar-refractivity contribution in [2.75, 3.05) is 14.2 Å². The van der Waals surface area contributed by atoms with Gasteiger partial charge in [-0.1, -0.05) is 72.8 Å². The number of benzene rings is 3. The molecule has 4 rings (SSSR count). The van der Waals surface area contributed by atoms with Gasteiger partial charge in [0.25, 0.3) is 0 Å². The molecule has 0 saturated carbocycles. The van der Waals surface area contributed by atoms with E-state index < -0.39 is 0 Å². The van der Waals surface area contributed by atoms with Crippen LogP contribution in [0.15, 0.2) is 72.8 Å². The van der Waals surface area contributed by atoms with E-state index in [0.717, 1.165) is 12.8 Å². The molecule has 0 amide bonds. The first-order valence-electron chi connectivity index (χ1n) is 9.67. The SMILES string of the molecule is CNC1CCc2cc(-c3ccc(-c4ccccc4)cc3)ccc2C1(C)OC. The highest BCUT2D eigenvalue weighted by molar-refractivity contribution is 5.71. The number of fused-ring (bicyclic) bond motifs is 1. The Kier molecular flexibility index (Phi) is 4.86. The van der Waals surface area contributed by atoms with Gasteiger partial charge in [-0.2, -0.15) is 0 Å². The molecule has 0 saturated heterocycles. The van der Waals surface area contributed by atoms with Crippen LogP contribution >= 0.6 is 0 Å². The number of hydrogen-bond donors (Lipinski definition) is 1. The first kappa shape index (κ1) is 18.0. The van der Waals surface area contributed by atoms with E-state index in [0.29, 0.717) is 6.04 Å². The van der Waals surface area contributed by atoms with E-state index in [-0.39, 0.29) is 5.60 Å². The van der Waals surface area contributed by atoms with Crippen LogP contribution in [0, 0.1) is 0 Å². The number of ether oxygens (including phenoxy) is 1. The van der Waals surface area contributed by atoms with E-state index in [1.54, 1.807) is 0 Å². The first-order valence-corrected chi connectivity index (χ1v) is 9.67. The summed E-state index contributed by atoms with van der Waals surface area (Å²) in [7, 11) is 3.84. The molecule has 3 aromatic rings. The summed E-state index contributed by atoms with van der Waals surface area (Å²) in [6.07, 6.45) is 2.17. The van der Waals surface area contributed by atoms with Gasteiger partial charge in [0.05, 0.1) is 0 Å². The quantitative estimate of drug-likeness (QED) is 0.673. The van der Waals surface area contributed by atoms with Crippen molar-refractivity contribution in [1.29, 1.82) is 0 Å².